The molecular weight excluding hydrogens is 308 g/mol. The molecule has 1 aliphatic rings. The van der Waals surface area contributed by atoms with E-state index in [1.165, 1.54) is 0 Å². The van der Waals surface area contributed by atoms with Crippen LogP contribution in [-0.4, -0.2) is 19.3 Å². The van der Waals surface area contributed by atoms with Crippen LogP contribution in [0.5, 0.6) is 0 Å². The van der Waals surface area contributed by atoms with E-state index in [4.69, 9.17) is 0 Å². The summed E-state index contributed by atoms with van der Waals surface area (Å²) in [7, 11) is -3.47. The molecule has 1 unspecified atom stereocenters. The third kappa shape index (κ3) is 2.84. The second kappa shape index (κ2) is 5.95. The molecule has 0 aromatic heterocycles. The Hall–Kier alpha value is -1.91. The van der Waals surface area contributed by atoms with E-state index in [0.29, 0.717) is 16.9 Å². The molecule has 0 saturated heterocycles. The third-order valence-corrected chi connectivity index (χ3v) is 6.06. The highest BCUT2D eigenvalue weighted by molar-refractivity contribution is 7.91. The van der Waals surface area contributed by atoms with Crippen molar-refractivity contribution in [2.75, 3.05) is 5.75 Å². The summed E-state index contributed by atoms with van der Waals surface area (Å²) in [6, 6.07) is 14.4. The van der Waals surface area contributed by atoms with Gasteiger partial charge in [-0.25, -0.2) is 8.42 Å². The minimum atomic E-state index is -3.47. The first-order chi connectivity index (χ1) is 10.9. The predicted molar refractivity (Wildman–Crippen MR) is 91.8 cm³/mol. The van der Waals surface area contributed by atoms with E-state index in [0.717, 1.165) is 22.3 Å². The average molecular weight is 328 g/mol. The lowest BCUT2D eigenvalue weighted by molar-refractivity contribution is 0.220. The zero-order valence-corrected chi connectivity index (χ0v) is 14.1. The predicted octanol–water partition coefficient (Wildman–Crippen LogP) is 3.68. The maximum atomic E-state index is 12.7. The normalized spacial score (nSPS) is 17.4. The monoisotopic (exact) mass is 328 g/mol. The summed E-state index contributed by atoms with van der Waals surface area (Å²) < 4.78 is 25.4. The summed E-state index contributed by atoms with van der Waals surface area (Å²) in [4.78, 5) is 0.300. The number of aliphatic hydroxyl groups is 1. The Morgan fingerprint density at radius 1 is 1.04 bits per heavy atom. The van der Waals surface area contributed by atoms with Crippen molar-refractivity contribution >= 4 is 15.4 Å². The van der Waals surface area contributed by atoms with Crippen LogP contribution in [0.15, 0.2) is 59.0 Å². The SMILES string of the molecule is CCC1=C(CS(=O)(=O)c2ccc(C)cc2)C(O)c2ccccc21. The van der Waals surface area contributed by atoms with Gasteiger partial charge in [-0.3, -0.25) is 0 Å². The van der Waals surface area contributed by atoms with Gasteiger partial charge in [-0.05, 0) is 47.8 Å². The number of sulfone groups is 1. The number of aryl methyl sites for hydroxylation is 1. The summed E-state index contributed by atoms with van der Waals surface area (Å²) >= 11 is 0. The van der Waals surface area contributed by atoms with Gasteiger partial charge in [0.25, 0.3) is 0 Å². The molecule has 0 aliphatic heterocycles. The molecule has 0 bridgehead atoms. The Labute approximate surface area is 137 Å². The number of fused-ring (bicyclic) bond motifs is 1. The first-order valence-electron chi connectivity index (χ1n) is 7.72. The van der Waals surface area contributed by atoms with Crippen molar-refractivity contribution in [3.8, 4) is 0 Å². The zero-order valence-electron chi connectivity index (χ0n) is 13.3. The third-order valence-electron chi connectivity index (χ3n) is 4.38. The number of aliphatic hydroxyl groups excluding tert-OH is 1. The van der Waals surface area contributed by atoms with E-state index in [-0.39, 0.29) is 5.75 Å². The minimum absolute atomic E-state index is 0.144. The maximum Gasteiger partial charge on any atom is 0.182 e. The van der Waals surface area contributed by atoms with Gasteiger partial charge in [0.2, 0.25) is 0 Å². The smallest absolute Gasteiger partial charge is 0.182 e. The summed E-state index contributed by atoms with van der Waals surface area (Å²) in [5.41, 5.74) is 4.35. The maximum absolute atomic E-state index is 12.7. The highest BCUT2D eigenvalue weighted by Gasteiger charge is 2.31. The van der Waals surface area contributed by atoms with Crippen LogP contribution in [0.2, 0.25) is 0 Å². The Balaban J connectivity index is 2.00. The van der Waals surface area contributed by atoms with Crippen LogP contribution >= 0.6 is 0 Å². The molecule has 120 valence electrons. The van der Waals surface area contributed by atoms with Crippen LogP contribution in [0.25, 0.3) is 5.57 Å². The van der Waals surface area contributed by atoms with E-state index < -0.39 is 15.9 Å². The summed E-state index contributed by atoms with van der Waals surface area (Å²) in [6.45, 7) is 3.91. The molecule has 3 rings (SSSR count). The van der Waals surface area contributed by atoms with Gasteiger partial charge in [0, 0.05) is 0 Å². The van der Waals surface area contributed by atoms with Gasteiger partial charge < -0.3 is 5.11 Å². The van der Waals surface area contributed by atoms with Crippen molar-refractivity contribution in [2.24, 2.45) is 0 Å². The van der Waals surface area contributed by atoms with Gasteiger partial charge in [-0.1, -0.05) is 48.9 Å². The number of hydrogen-bond acceptors (Lipinski definition) is 3. The lowest BCUT2D eigenvalue weighted by Crippen LogP contribution is -2.13. The van der Waals surface area contributed by atoms with Gasteiger partial charge in [-0.15, -0.1) is 0 Å². The van der Waals surface area contributed by atoms with Gasteiger partial charge in [0.1, 0.15) is 6.10 Å². The van der Waals surface area contributed by atoms with Crippen LogP contribution in [0.4, 0.5) is 0 Å². The van der Waals surface area contributed by atoms with Crippen molar-refractivity contribution < 1.29 is 13.5 Å². The fraction of sp³-hybridized carbons (Fsp3) is 0.263. The van der Waals surface area contributed by atoms with E-state index in [1.807, 2.05) is 38.1 Å². The van der Waals surface area contributed by atoms with E-state index >= 15 is 0 Å². The van der Waals surface area contributed by atoms with E-state index in [9.17, 15) is 13.5 Å². The first kappa shape index (κ1) is 16.0. The fourth-order valence-electron chi connectivity index (χ4n) is 3.15. The van der Waals surface area contributed by atoms with Crippen molar-refractivity contribution in [3.63, 3.8) is 0 Å². The molecule has 2 aromatic rings. The van der Waals surface area contributed by atoms with Crippen LogP contribution in [0.1, 0.15) is 36.1 Å². The van der Waals surface area contributed by atoms with Crippen LogP contribution in [-0.2, 0) is 9.84 Å². The van der Waals surface area contributed by atoms with Crippen molar-refractivity contribution in [1.82, 2.24) is 0 Å². The van der Waals surface area contributed by atoms with Crippen LogP contribution in [0.3, 0.4) is 0 Å². The molecule has 2 aromatic carbocycles. The zero-order chi connectivity index (χ0) is 16.6. The quantitative estimate of drug-likeness (QED) is 0.931. The van der Waals surface area contributed by atoms with Crippen molar-refractivity contribution in [1.29, 1.82) is 0 Å². The van der Waals surface area contributed by atoms with Crippen molar-refractivity contribution in [2.45, 2.75) is 31.3 Å². The van der Waals surface area contributed by atoms with E-state index in [1.54, 1.807) is 24.3 Å². The number of rotatable bonds is 4. The van der Waals surface area contributed by atoms with Crippen LogP contribution < -0.4 is 0 Å². The number of benzene rings is 2. The largest absolute Gasteiger partial charge is 0.384 e. The second-order valence-corrected chi connectivity index (χ2v) is 7.91. The van der Waals surface area contributed by atoms with E-state index in [2.05, 4.69) is 0 Å². The molecular formula is C19H20O3S. The molecule has 1 N–H and O–H groups in total. The van der Waals surface area contributed by atoms with Gasteiger partial charge in [0.15, 0.2) is 9.84 Å². The van der Waals surface area contributed by atoms with Crippen molar-refractivity contribution in [3.05, 3.63) is 70.8 Å². The molecule has 0 saturated carbocycles. The summed E-state index contributed by atoms with van der Waals surface area (Å²) in [6.07, 6.45) is -0.131. The summed E-state index contributed by atoms with van der Waals surface area (Å²) in [5, 5.41) is 10.6. The molecule has 1 atom stereocenters. The van der Waals surface area contributed by atoms with Gasteiger partial charge >= 0.3 is 0 Å². The Morgan fingerprint density at radius 3 is 2.35 bits per heavy atom. The Morgan fingerprint density at radius 2 is 1.70 bits per heavy atom. The molecule has 3 nitrogen and oxygen atoms in total. The molecule has 0 heterocycles. The van der Waals surface area contributed by atoms with Gasteiger partial charge in [-0.2, -0.15) is 0 Å². The Bertz CT molecular complexity index is 862. The number of hydrogen-bond donors (Lipinski definition) is 1. The fourth-order valence-corrected chi connectivity index (χ4v) is 4.61. The molecule has 0 fully saturated rings. The topological polar surface area (TPSA) is 54.4 Å². The minimum Gasteiger partial charge on any atom is -0.384 e. The molecule has 1 aliphatic carbocycles. The standard InChI is InChI=1S/C19H20O3S/c1-3-15-16-6-4-5-7-17(16)19(20)18(15)12-23(21,22)14-10-8-13(2)9-11-14/h4-11,19-20H,3,12H2,1-2H3. The second-order valence-electron chi connectivity index (χ2n) is 5.92. The summed E-state index contributed by atoms with van der Waals surface area (Å²) in [5.74, 6) is -0.144. The Kier molecular flexibility index (Phi) is 4.13. The molecule has 4 heteroatoms. The average Bonchev–Trinajstić information content (AvgIpc) is 2.80. The number of allylic oxidation sites excluding steroid dienone is 1. The lowest BCUT2D eigenvalue weighted by atomic mass is 10.0. The highest BCUT2D eigenvalue weighted by Crippen LogP contribution is 2.42. The van der Waals surface area contributed by atoms with Crippen LogP contribution in [0, 0.1) is 6.92 Å². The van der Waals surface area contributed by atoms with Gasteiger partial charge in [0.05, 0.1) is 10.6 Å². The highest BCUT2D eigenvalue weighted by atomic mass is 32.2. The molecule has 0 radical (unpaired) electrons. The molecule has 23 heavy (non-hydrogen) atoms. The first-order valence-corrected chi connectivity index (χ1v) is 9.38. The lowest BCUT2D eigenvalue weighted by Gasteiger charge is -2.12. The molecule has 0 amide bonds. The molecule has 0 spiro atoms.